The van der Waals surface area contributed by atoms with Gasteiger partial charge < -0.3 is 11.1 Å². The molecule has 2 rings (SSSR count). The zero-order valence-corrected chi connectivity index (χ0v) is 10.5. The van der Waals surface area contributed by atoms with Crippen LogP contribution in [0.15, 0.2) is 35.2 Å². The highest BCUT2D eigenvalue weighted by Gasteiger charge is 2.16. The molecule has 1 aromatic rings. The predicted molar refractivity (Wildman–Crippen MR) is 69.7 cm³/mol. The Hall–Kier alpha value is -1.49. The third-order valence-corrected chi connectivity index (χ3v) is 3.99. The number of nitrogens with two attached hydrogens (primary N) is 1. The molecule has 1 aliphatic carbocycles. The number of rotatable bonds is 3. The van der Waals surface area contributed by atoms with Gasteiger partial charge in [0.2, 0.25) is 0 Å². The summed E-state index contributed by atoms with van der Waals surface area (Å²) in [6.07, 6.45) is 7.27. The van der Waals surface area contributed by atoms with Crippen molar-refractivity contribution in [3.05, 3.63) is 30.4 Å². The lowest BCUT2D eigenvalue weighted by atomic mass is 10.2. The van der Waals surface area contributed by atoms with Crippen molar-refractivity contribution in [1.82, 2.24) is 0 Å². The second-order valence-electron chi connectivity index (χ2n) is 4.27. The van der Waals surface area contributed by atoms with Crippen molar-refractivity contribution in [2.75, 3.05) is 17.3 Å². The molecule has 1 aliphatic rings. The lowest BCUT2D eigenvalue weighted by Gasteiger charge is -2.16. The van der Waals surface area contributed by atoms with Crippen molar-refractivity contribution in [3.8, 4) is 0 Å². The van der Waals surface area contributed by atoms with Gasteiger partial charge in [0, 0.05) is 12.3 Å². The van der Waals surface area contributed by atoms with Crippen molar-refractivity contribution in [2.24, 2.45) is 0 Å². The van der Waals surface area contributed by atoms with E-state index in [9.17, 15) is 8.42 Å². The number of benzene rings is 1. The minimum atomic E-state index is -3.27. The van der Waals surface area contributed by atoms with Gasteiger partial charge in [-0.3, -0.25) is 0 Å². The average molecular weight is 252 g/mol. The summed E-state index contributed by atoms with van der Waals surface area (Å²) in [5.41, 5.74) is 6.89. The Labute approximate surface area is 101 Å². The standard InChI is InChI=1S/C12H16N2O2S/c1-17(15,16)11-8-4-7-10(12(11)13)14-9-5-2-3-6-9/h2-4,7-9,14H,5-6,13H2,1H3. The summed E-state index contributed by atoms with van der Waals surface area (Å²) in [6, 6.07) is 5.36. The number of para-hydroxylation sites is 1. The molecule has 0 saturated heterocycles. The molecule has 0 bridgehead atoms. The third kappa shape index (κ3) is 2.61. The Kier molecular flexibility index (Phi) is 3.11. The van der Waals surface area contributed by atoms with Gasteiger partial charge in [-0.25, -0.2) is 8.42 Å². The summed E-state index contributed by atoms with van der Waals surface area (Å²) in [7, 11) is -3.27. The molecule has 5 heteroatoms. The highest BCUT2D eigenvalue weighted by Crippen LogP contribution is 2.28. The number of nitrogen functional groups attached to an aromatic ring is 1. The summed E-state index contributed by atoms with van der Waals surface area (Å²) in [5, 5.41) is 3.27. The van der Waals surface area contributed by atoms with Gasteiger partial charge in [-0.05, 0) is 25.0 Å². The van der Waals surface area contributed by atoms with Gasteiger partial charge in [0.05, 0.1) is 16.3 Å². The fraction of sp³-hybridized carbons (Fsp3) is 0.333. The normalized spacial score (nSPS) is 16.3. The summed E-state index contributed by atoms with van der Waals surface area (Å²) in [6.45, 7) is 0. The molecule has 1 aromatic carbocycles. The maximum atomic E-state index is 11.5. The smallest absolute Gasteiger partial charge is 0.177 e. The highest BCUT2D eigenvalue weighted by atomic mass is 32.2. The zero-order valence-electron chi connectivity index (χ0n) is 9.68. The van der Waals surface area contributed by atoms with Gasteiger partial charge in [0.1, 0.15) is 0 Å². The summed E-state index contributed by atoms with van der Waals surface area (Å²) < 4.78 is 23.0. The number of sulfone groups is 1. The lowest BCUT2D eigenvalue weighted by molar-refractivity contribution is 0.602. The maximum Gasteiger partial charge on any atom is 0.177 e. The van der Waals surface area contributed by atoms with Crippen LogP contribution in [0.25, 0.3) is 0 Å². The number of hydrogen-bond acceptors (Lipinski definition) is 4. The molecule has 0 radical (unpaired) electrons. The second-order valence-corrected chi connectivity index (χ2v) is 6.26. The monoisotopic (exact) mass is 252 g/mol. The van der Waals surface area contributed by atoms with Gasteiger partial charge in [0.25, 0.3) is 0 Å². The highest BCUT2D eigenvalue weighted by molar-refractivity contribution is 7.90. The second kappa shape index (κ2) is 4.41. The molecule has 4 nitrogen and oxygen atoms in total. The van der Waals surface area contributed by atoms with Gasteiger partial charge in [-0.2, -0.15) is 0 Å². The van der Waals surface area contributed by atoms with Crippen LogP contribution in [0, 0.1) is 0 Å². The third-order valence-electron chi connectivity index (χ3n) is 2.83. The fourth-order valence-corrected chi connectivity index (χ4v) is 2.78. The molecule has 3 N–H and O–H groups in total. The average Bonchev–Trinajstić information content (AvgIpc) is 2.72. The van der Waals surface area contributed by atoms with Crippen molar-refractivity contribution in [3.63, 3.8) is 0 Å². The van der Waals surface area contributed by atoms with E-state index in [0.717, 1.165) is 12.8 Å². The van der Waals surface area contributed by atoms with Crippen LogP contribution in [0.5, 0.6) is 0 Å². The van der Waals surface area contributed by atoms with Crippen molar-refractivity contribution >= 4 is 21.2 Å². The van der Waals surface area contributed by atoms with Crippen LogP contribution in [0.2, 0.25) is 0 Å². The van der Waals surface area contributed by atoms with Gasteiger partial charge in [-0.1, -0.05) is 18.2 Å². The molecule has 0 heterocycles. The van der Waals surface area contributed by atoms with Crippen LogP contribution in [0.3, 0.4) is 0 Å². The first-order valence-electron chi connectivity index (χ1n) is 5.48. The van der Waals surface area contributed by atoms with Crippen LogP contribution < -0.4 is 11.1 Å². The van der Waals surface area contributed by atoms with E-state index < -0.39 is 9.84 Å². The molecular formula is C12H16N2O2S. The van der Waals surface area contributed by atoms with Crippen molar-refractivity contribution in [1.29, 1.82) is 0 Å². The van der Waals surface area contributed by atoms with Crippen molar-refractivity contribution in [2.45, 2.75) is 23.8 Å². The first-order chi connectivity index (χ1) is 7.98. The molecule has 0 aliphatic heterocycles. The Morgan fingerprint density at radius 3 is 2.53 bits per heavy atom. The maximum absolute atomic E-state index is 11.5. The summed E-state index contributed by atoms with van der Waals surface area (Å²) >= 11 is 0. The zero-order chi connectivity index (χ0) is 12.5. The van der Waals surface area contributed by atoms with E-state index in [-0.39, 0.29) is 4.90 Å². The van der Waals surface area contributed by atoms with Crippen LogP contribution in [0.4, 0.5) is 11.4 Å². The molecule has 0 unspecified atom stereocenters. The van der Waals surface area contributed by atoms with E-state index in [0.29, 0.717) is 17.4 Å². The quantitative estimate of drug-likeness (QED) is 0.635. The summed E-state index contributed by atoms with van der Waals surface area (Å²) in [4.78, 5) is 0.188. The van der Waals surface area contributed by atoms with E-state index in [2.05, 4.69) is 17.5 Å². The molecule has 0 aromatic heterocycles. The molecule has 92 valence electrons. The molecule has 17 heavy (non-hydrogen) atoms. The largest absolute Gasteiger partial charge is 0.396 e. The Morgan fingerprint density at radius 2 is 1.94 bits per heavy atom. The SMILES string of the molecule is CS(=O)(=O)c1cccc(NC2CC=CC2)c1N. The number of hydrogen-bond donors (Lipinski definition) is 2. The Morgan fingerprint density at radius 1 is 1.29 bits per heavy atom. The van der Waals surface area contributed by atoms with E-state index in [1.807, 2.05) is 6.07 Å². The lowest BCUT2D eigenvalue weighted by Crippen LogP contribution is -2.17. The topological polar surface area (TPSA) is 72.2 Å². The van der Waals surface area contributed by atoms with Crippen LogP contribution >= 0.6 is 0 Å². The molecule has 0 amide bonds. The van der Waals surface area contributed by atoms with Crippen molar-refractivity contribution < 1.29 is 8.42 Å². The van der Waals surface area contributed by atoms with Gasteiger partial charge in [-0.15, -0.1) is 0 Å². The number of nitrogens with one attached hydrogen (secondary N) is 1. The Balaban J connectivity index is 2.29. The molecule has 0 spiro atoms. The molecule has 0 saturated carbocycles. The predicted octanol–water partition coefficient (Wildman–Crippen LogP) is 1.80. The summed E-state index contributed by atoms with van der Waals surface area (Å²) in [5.74, 6) is 0. The van der Waals surface area contributed by atoms with Gasteiger partial charge >= 0.3 is 0 Å². The Bertz CT molecular complexity index is 542. The first kappa shape index (κ1) is 12.0. The van der Waals surface area contributed by atoms with Gasteiger partial charge in [0.15, 0.2) is 9.84 Å². The molecule has 0 fully saturated rings. The van der Waals surface area contributed by atoms with Crippen LogP contribution in [-0.4, -0.2) is 20.7 Å². The van der Waals surface area contributed by atoms with Crippen LogP contribution in [0.1, 0.15) is 12.8 Å². The minimum absolute atomic E-state index is 0.188. The number of anilines is 2. The fourth-order valence-electron chi connectivity index (χ4n) is 1.95. The molecular weight excluding hydrogens is 236 g/mol. The van der Waals surface area contributed by atoms with E-state index >= 15 is 0 Å². The van der Waals surface area contributed by atoms with Crippen LogP contribution in [-0.2, 0) is 9.84 Å². The minimum Gasteiger partial charge on any atom is -0.396 e. The van der Waals surface area contributed by atoms with E-state index in [1.54, 1.807) is 6.07 Å². The van der Waals surface area contributed by atoms with E-state index in [4.69, 9.17) is 5.73 Å². The molecule has 0 atom stereocenters. The first-order valence-corrected chi connectivity index (χ1v) is 7.37. The van der Waals surface area contributed by atoms with E-state index in [1.165, 1.54) is 12.3 Å².